The first-order valence-corrected chi connectivity index (χ1v) is 7.93. The summed E-state index contributed by atoms with van der Waals surface area (Å²) >= 11 is 0. The van der Waals surface area contributed by atoms with Gasteiger partial charge >= 0.3 is 5.97 Å². The molecule has 0 saturated carbocycles. The Hall–Kier alpha value is -1.92. The van der Waals surface area contributed by atoms with Gasteiger partial charge in [0, 0.05) is 19.3 Å². The summed E-state index contributed by atoms with van der Waals surface area (Å²) in [5, 5.41) is 9.13. The number of benzene rings is 1. The lowest BCUT2D eigenvalue weighted by atomic mass is 10.0. The van der Waals surface area contributed by atoms with Crippen LogP contribution in [-0.2, 0) is 25.7 Å². The van der Waals surface area contributed by atoms with Crippen LogP contribution in [0.5, 0.6) is 0 Å². The molecule has 0 aliphatic carbocycles. The Morgan fingerprint density at radius 1 is 1.22 bits per heavy atom. The Bertz CT molecular complexity index is 582. The Morgan fingerprint density at radius 3 is 2.70 bits per heavy atom. The number of aliphatic carboxylic acids is 1. The van der Waals surface area contributed by atoms with E-state index < -0.39 is 5.97 Å². The lowest BCUT2D eigenvalue weighted by Gasteiger charge is -2.33. The Balaban J connectivity index is 1.70. The minimum atomic E-state index is -0.988. The van der Waals surface area contributed by atoms with E-state index in [4.69, 9.17) is 14.6 Å². The molecule has 0 bridgehead atoms. The molecule has 1 saturated heterocycles. The highest BCUT2D eigenvalue weighted by molar-refractivity contribution is 5.82. The Morgan fingerprint density at radius 2 is 1.96 bits per heavy atom. The van der Waals surface area contributed by atoms with Crippen LogP contribution in [0.25, 0.3) is 0 Å². The molecule has 1 fully saturated rings. The van der Waals surface area contributed by atoms with Gasteiger partial charge in [0.05, 0.1) is 19.1 Å². The summed E-state index contributed by atoms with van der Waals surface area (Å²) in [6.45, 7) is 1.37. The van der Waals surface area contributed by atoms with Crippen LogP contribution in [-0.4, -0.2) is 47.7 Å². The van der Waals surface area contributed by atoms with E-state index in [1.54, 1.807) is 0 Å². The fourth-order valence-corrected chi connectivity index (χ4v) is 3.27. The fraction of sp³-hybridized carbons (Fsp3) is 0.529. The van der Waals surface area contributed by atoms with Crippen molar-refractivity contribution >= 4 is 11.9 Å². The average Bonchev–Trinajstić information content (AvgIpc) is 2.96. The van der Waals surface area contributed by atoms with E-state index in [2.05, 4.69) is 0 Å². The van der Waals surface area contributed by atoms with Gasteiger partial charge in [0.25, 0.3) is 0 Å². The molecule has 0 radical (unpaired) electrons. The molecule has 23 heavy (non-hydrogen) atoms. The maximum absolute atomic E-state index is 12.7. The highest BCUT2D eigenvalue weighted by Gasteiger charge is 2.32. The normalized spacial score (nSPS) is 21.0. The highest BCUT2D eigenvalue weighted by atomic mass is 16.5. The first kappa shape index (κ1) is 16.0. The van der Waals surface area contributed by atoms with Crippen LogP contribution < -0.4 is 0 Å². The fourth-order valence-electron chi connectivity index (χ4n) is 3.27. The number of rotatable bonds is 5. The molecule has 1 atom stereocenters. The van der Waals surface area contributed by atoms with Crippen LogP contribution in [0.2, 0.25) is 0 Å². The second-order valence-corrected chi connectivity index (χ2v) is 5.96. The van der Waals surface area contributed by atoms with Crippen molar-refractivity contribution in [3.05, 3.63) is 35.4 Å². The lowest BCUT2D eigenvalue weighted by molar-refractivity contribution is -0.149. The number of amides is 1. The topological polar surface area (TPSA) is 76.1 Å². The number of nitrogens with zero attached hydrogens (tertiary/aromatic N) is 1. The Kier molecular flexibility index (Phi) is 4.93. The minimum Gasteiger partial charge on any atom is -0.480 e. The third kappa shape index (κ3) is 3.71. The van der Waals surface area contributed by atoms with Gasteiger partial charge in [-0.15, -0.1) is 0 Å². The number of fused-ring (bicyclic) bond motifs is 1. The maximum Gasteiger partial charge on any atom is 0.323 e. The average molecular weight is 319 g/mol. The van der Waals surface area contributed by atoms with Gasteiger partial charge in [-0.05, 0) is 24.0 Å². The predicted octanol–water partition coefficient (Wildman–Crippen LogP) is 1.74. The second-order valence-electron chi connectivity index (χ2n) is 5.96. The summed E-state index contributed by atoms with van der Waals surface area (Å²) < 4.78 is 11.0. The van der Waals surface area contributed by atoms with E-state index in [1.807, 2.05) is 24.3 Å². The first-order chi connectivity index (χ1) is 11.1. The van der Waals surface area contributed by atoms with Crippen molar-refractivity contribution in [2.75, 3.05) is 19.8 Å². The molecule has 1 amide bonds. The molecular formula is C17H21NO5. The number of ether oxygens (including phenoxy) is 2. The van der Waals surface area contributed by atoms with E-state index >= 15 is 0 Å². The van der Waals surface area contributed by atoms with Gasteiger partial charge < -0.3 is 19.5 Å². The molecule has 6 heteroatoms. The van der Waals surface area contributed by atoms with Crippen molar-refractivity contribution < 1.29 is 24.2 Å². The SMILES string of the molecule is O=C(O)CN(C(=O)CC1OCc2ccccc21)C1CCOCC1. The van der Waals surface area contributed by atoms with Gasteiger partial charge in [-0.3, -0.25) is 9.59 Å². The molecule has 2 aliphatic heterocycles. The molecule has 6 nitrogen and oxygen atoms in total. The Labute approximate surface area is 135 Å². The van der Waals surface area contributed by atoms with E-state index in [1.165, 1.54) is 4.90 Å². The number of carbonyl (C=O) groups is 2. The molecule has 0 aromatic heterocycles. The summed E-state index contributed by atoms with van der Waals surface area (Å²) in [6.07, 6.45) is 1.26. The third-order valence-corrected chi connectivity index (χ3v) is 4.46. The standard InChI is InChI=1S/C17H21NO5/c19-16(9-15-14-4-2-1-3-12(14)11-23-15)18(10-17(20)21)13-5-7-22-8-6-13/h1-4,13,15H,5-11H2,(H,20,21). The zero-order valence-corrected chi connectivity index (χ0v) is 12.9. The first-order valence-electron chi connectivity index (χ1n) is 7.93. The quantitative estimate of drug-likeness (QED) is 0.894. The number of carboxylic acids is 1. The summed E-state index contributed by atoms with van der Waals surface area (Å²) in [4.78, 5) is 25.3. The zero-order valence-electron chi connectivity index (χ0n) is 12.9. The zero-order chi connectivity index (χ0) is 16.2. The van der Waals surface area contributed by atoms with Crippen molar-refractivity contribution in [3.63, 3.8) is 0 Å². The molecular weight excluding hydrogens is 298 g/mol. The summed E-state index contributed by atoms with van der Waals surface area (Å²) in [5.74, 6) is -1.15. The van der Waals surface area contributed by atoms with Crippen LogP contribution in [0.1, 0.15) is 36.5 Å². The van der Waals surface area contributed by atoms with Crippen molar-refractivity contribution in [3.8, 4) is 0 Å². The predicted molar refractivity (Wildman–Crippen MR) is 81.8 cm³/mol. The molecule has 124 valence electrons. The van der Waals surface area contributed by atoms with Crippen molar-refractivity contribution in [2.45, 2.75) is 38.0 Å². The van der Waals surface area contributed by atoms with Gasteiger partial charge in [0.2, 0.25) is 5.91 Å². The van der Waals surface area contributed by atoms with Crippen LogP contribution in [0, 0.1) is 0 Å². The van der Waals surface area contributed by atoms with Crippen LogP contribution in [0.3, 0.4) is 0 Å². The highest BCUT2D eigenvalue weighted by Crippen LogP contribution is 2.33. The summed E-state index contributed by atoms with van der Waals surface area (Å²) in [6, 6.07) is 7.77. The summed E-state index contributed by atoms with van der Waals surface area (Å²) in [7, 11) is 0. The van der Waals surface area contributed by atoms with E-state index in [-0.39, 0.29) is 31.0 Å². The molecule has 1 N–H and O–H groups in total. The number of hydrogen-bond donors (Lipinski definition) is 1. The van der Waals surface area contributed by atoms with E-state index in [0.29, 0.717) is 32.7 Å². The van der Waals surface area contributed by atoms with Gasteiger partial charge in [0.15, 0.2) is 0 Å². The molecule has 1 unspecified atom stereocenters. The molecule has 3 rings (SSSR count). The molecule has 2 heterocycles. The summed E-state index contributed by atoms with van der Waals surface area (Å²) in [5.41, 5.74) is 2.13. The number of carboxylic acid groups (broad SMARTS) is 1. The van der Waals surface area contributed by atoms with Crippen molar-refractivity contribution in [1.29, 1.82) is 0 Å². The molecule has 1 aromatic carbocycles. The van der Waals surface area contributed by atoms with Crippen LogP contribution >= 0.6 is 0 Å². The maximum atomic E-state index is 12.7. The largest absolute Gasteiger partial charge is 0.480 e. The monoisotopic (exact) mass is 319 g/mol. The second kappa shape index (κ2) is 7.10. The van der Waals surface area contributed by atoms with Gasteiger partial charge in [-0.1, -0.05) is 24.3 Å². The smallest absolute Gasteiger partial charge is 0.323 e. The number of carbonyl (C=O) groups excluding carboxylic acids is 1. The van der Waals surface area contributed by atoms with Gasteiger partial charge in [-0.2, -0.15) is 0 Å². The van der Waals surface area contributed by atoms with Crippen LogP contribution in [0.15, 0.2) is 24.3 Å². The van der Waals surface area contributed by atoms with Crippen molar-refractivity contribution in [1.82, 2.24) is 4.90 Å². The van der Waals surface area contributed by atoms with Crippen LogP contribution in [0.4, 0.5) is 0 Å². The molecule has 1 aromatic rings. The number of hydrogen-bond acceptors (Lipinski definition) is 4. The van der Waals surface area contributed by atoms with Gasteiger partial charge in [0.1, 0.15) is 6.54 Å². The van der Waals surface area contributed by atoms with E-state index in [0.717, 1.165) is 11.1 Å². The van der Waals surface area contributed by atoms with E-state index in [9.17, 15) is 9.59 Å². The van der Waals surface area contributed by atoms with Crippen molar-refractivity contribution in [2.24, 2.45) is 0 Å². The lowest BCUT2D eigenvalue weighted by Crippen LogP contribution is -2.46. The molecule has 0 spiro atoms. The minimum absolute atomic E-state index is 0.0657. The molecule has 2 aliphatic rings. The van der Waals surface area contributed by atoms with Gasteiger partial charge in [-0.25, -0.2) is 0 Å². The third-order valence-electron chi connectivity index (χ3n) is 4.46.